The largest absolute Gasteiger partial charge is 0.508 e. The first-order valence-corrected chi connectivity index (χ1v) is 5.99. The molecular formula is C15H16FNO2. The van der Waals surface area contributed by atoms with E-state index in [1.165, 1.54) is 13.2 Å². The number of aromatic hydroxyl groups is 1. The third kappa shape index (κ3) is 3.16. The fourth-order valence-corrected chi connectivity index (χ4v) is 1.88. The summed E-state index contributed by atoms with van der Waals surface area (Å²) in [6.07, 6.45) is 0. The summed E-state index contributed by atoms with van der Waals surface area (Å²) in [4.78, 5) is 0. The average Bonchev–Trinajstić information content (AvgIpc) is 2.41. The fraction of sp³-hybridized carbons (Fsp3) is 0.200. The Morgan fingerprint density at radius 3 is 2.68 bits per heavy atom. The average molecular weight is 261 g/mol. The smallest absolute Gasteiger partial charge is 0.165 e. The highest BCUT2D eigenvalue weighted by Crippen LogP contribution is 2.26. The summed E-state index contributed by atoms with van der Waals surface area (Å²) >= 11 is 0. The zero-order valence-corrected chi connectivity index (χ0v) is 10.9. The molecule has 2 aromatic carbocycles. The van der Waals surface area contributed by atoms with E-state index in [2.05, 4.69) is 5.32 Å². The van der Waals surface area contributed by atoms with Gasteiger partial charge in [-0.2, -0.15) is 0 Å². The van der Waals surface area contributed by atoms with Crippen molar-refractivity contribution in [2.24, 2.45) is 0 Å². The fourth-order valence-electron chi connectivity index (χ4n) is 1.88. The van der Waals surface area contributed by atoms with Gasteiger partial charge in [-0.25, -0.2) is 4.39 Å². The van der Waals surface area contributed by atoms with Crippen LogP contribution in [0.4, 0.5) is 10.1 Å². The maximum absolute atomic E-state index is 13.3. The van der Waals surface area contributed by atoms with Gasteiger partial charge in [-0.15, -0.1) is 0 Å². The molecule has 0 aromatic heterocycles. The number of hydrogen-bond acceptors (Lipinski definition) is 3. The minimum Gasteiger partial charge on any atom is -0.508 e. The van der Waals surface area contributed by atoms with Gasteiger partial charge in [-0.05, 0) is 36.8 Å². The van der Waals surface area contributed by atoms with Gasteiger partial charge in [0.2, 0.25) is 0 Å². The van der Waals surface area contributed by atoms with Crippen LogP contribution < -0.4 is 10.1 Å². The molecule has 0 bridgehead atoms. The third-order valence-corrected chi connectivity index (χ3v) is 2.90. The molecule has 2 rings (SSSR count). The van der Waals surface area contributed by atoms with Crippen LogP contribution in [-0.2, 0) is 0 Å². The van der Waals surface area contributed by atoms with Gasteiger partial charge < -0.3 is 15.2 Å². The standard InChI is InChI=1S/C15H16FNO2/c1-10(11-4-3-5-13(18)8-11)17-12-6-7-14(16)15(9-12)19-2/h3-10,17-18H,1-2H3. The lowest BCUT2D eigenvalue weighted by Gasteiger charge is -2.16. The van der Waals surface area contributed by atoms with Crippen LogP contribution in [0.15, 0.2) is 42.5 Å². The Hall–Kier alpha value is -2.23. The molecule has 0 amide bonds. The quantitative estimate of drug-likeness (QED) is 0.881. The number of benzene rings is 2. The van der Waals surface area contributed by atoms with E-state index in [0.717, 1.165) is 11.3 Å². The van der Waals surface area contributed by atoms with Crippen molar-refractivity contribution >= 4 is 5.69 Å². The van der Waals surface area contributed by atoms with E-state index in [9.17, 15) is 9.50 Å². The van der Waals surface area contributed by atoms with E-state index in [0.29, 0.717) is 0 Å². The van der Waals surface area contributed by atoms with E-state index in [-0.39, 0.29) is 17.5 Å². The molecule has 0 aliphatic heterocycles. The third-order valence-electron chi connectivity index (χ3n) is 2.90. The van der Waals surface area contributed by atoms with Crippen LogP contribution >= 0.6 is 0 Å². The van der Waals surface area contributed by atoms with Gasteiger partial charge in [0.15, 0.2) is 11.6 Å². The van der Waals surface area contributed by atoms with Gasteiger partial charge in [0.25, 0.3) is 0 Å². The molecule has 2 aromatic rings. The number of nitrogens with one attached hydrogen (secondary N) is 1. The first kappa shape index (κ1) is 13.2. The zero-order valence-electron chi connectivity index (χ0n) is 10.9. The normalized spacial score (nSPS) is 11.9. The Kier molecular flexibility index (Phi) is 3.90. The molecule has 0 saturated heterocycles. The van der Waals surface area contributed by atoms with E-state index in [4.69, 9.17) is 4.74 Å². The van der Waals surface area contributed by atoms with Gasteiger partial charge in [-0.3, -0.25) is 0 Å². The van der Waals surface area contributed by atoms with Crippen molar-refractivity contribution in [2.45, 2.75) is 13.0 Å². The maximum atomic E-state index is 13.3. The molecule has 0 radical (unpaired) electrons. The highest BCUT2D eigenvalue weighted by Gasteiger charge is 2.08. The molecule has 0 fully saturated rings. The molecule has 0 spiro atoms. The topological polar surface area (TPSA) is 41.5 Å². The molecule has 1 atom stereocenters. The second kappa shape index (κ2) is 5.61. The predicted octanol–water partition coefficient (Wildman–Crippen LogP) is 3.71. The number of phenols is 1. The van der Waals surface area contributed by atoms with Crippen LogP contribution in [0.3, 0.4) is 0 Å². The molecular weight excluding hydrogens is 245 g/mol. The number of rotatable bonds is 4. The molecule has 0 heterocycles. The molecule has 4 heteroatoms. The van der Waals surface area contributed by atoms with E-state index >= 15 is 0 Å². The Morgan fingerprint density at radius 2 is 2.00 bits per heavy atom. The highest BCUT2D eigenvalue weighted by molar-refractivity contribution is 5.50. The monoisotopic (exact) mass is 261 g/mol. The molecule has 19 heavy (non-hydrogen) atoms. The van der Waals surface area contributed by atoms with Crippen molar-refractivity contribution in [1.82, 2.24) is 0 Å². The summed E-state index contributed by atoms with van der Waals surface area (Å²) in [6, 6.07) is 11.6. The molecule has 0 aliphatic carbocycles. The SMILES string of the molecule is COc1cc(NC(C)c2cccc(O)c2)ccc1F. The number of ether oxygens (including phenoxy) is 1. The first-order valence-electron chi connectivity index (χ1n) is 5.99. The molecule has 0 saturated carbocycles. The molecule has 100 valence electrons. The van der Waals surface area contributed by atoms with Crippen LogP contribution in [0, 0.1) is 5.82 Å². The van der Waals surface area contributed by atoms with E-state index < -0.39 is 5.82 Å². The molecule has 2 N–H and O–H groups in total. The van der Waals surface area contributed by atoms with Crippen LogP contribution in [0.1, 0.15) is 18.5 Å². The van der Waals surface area contributed by atoms with Crippen molar-refractivity contribution in [3.63, 3.8) is 0 Å². The Morgan fingerprint density at radius 1 is 1.21 bits per heavy atom. The van der Waals surface area contributed by atoms with Crippen LogP contribution in [0.5, 0.6) is 11.5 Å². The van der Waals surface area contributed by atoms with Gasteiger partial charge in [0.05, 0.1) is 7.11 Å². The van der Waals surface area contributed by atoms with Crippen molar-refractivity contribution < 1.29 is 14.2 Å². The van der Waals surface area contributed by atoms with E-state index in [1.807, 2.05) is 13.0 Å². The van der Waals surface area contributed by atoms with E-state index in [1.54, 1.807) is 30.3 Å². The number of methoxy groups -OCH3 is 1. The van der Waals surface area contributed by atoms with Crippen LogP contribution in [0.25, 0.3) is 0 Å². The minimum absolute atomic E-state index is 0.0118. The van der Waals surface area contributed by atoms with Crippen LogP contribution in [-0.4, -0.2) is 12.2 Å². The van der Waals surface area contributed by atoms with Gasteiger partial charge in [-0.1, -0.05) is 12.1 Å². The predicted molar refractivity (Wildman–Crippen MR) is 73.1 cm³/mol. The van der Waals surface area contributed by atoms with Crippen molar-refractivity contribution in [1.29, 1.82) is 0 Å². The summed E-state index contributed by atoms with van der Waals surface area (Å²) in [7, 11) is 1.43. The summed E-state index contributed by atoms with van der Waals surface area (Å²) < 4.78 is 18.2. The lowest BCUT2D eigenvalue weighted by molar-refractivity contribution is 0.387. The number of phenolic OH excluding ortho intramolecular Hbond substituents is 1. The van der Waals surface area contributed by atoms with Crippen molar-refractivity contribution in [3.05, 3.63) is 53.8 Å². The summed E-state index contributed by atoms with van der Waals surface area (Å²) in [5.74, 6) is 0.0361. The summed E-state index contributed by atoms with van der Waals surface area (Å²) in [5, 5.41) is 12.7. The summed E-state index contributed by atoms with van der Waals surface area (Å²) in [5.41, 5.74) is 1.71. The minimum atomic E-state index is -0.391. The maximum Gasteiger partial charge on any atom is 0.165 e. The molecule has 0 aliphatic rings. The second-order valence-electron chi connectivity index (χ2n) is 4.31. The van der Waals surface area contributed by atoms with Crippen LogP contribution in [0.2, 0.25) is 0 Å². The Bertz CT molecular complexity index is 572. The van der Waals surface area contributed by atoms with Gasteiger partial charge in [0, 0.05) is 17.8 Å². The molecule has 3 nitrogen and oxygen atoms in total. The Labute approximate surface area is 111 Å². The molecule has 1 unspecified atom stereocenters. The lowest BCUT2D eigenvalue weighted by Crippen LogP contribution is -2.06. The number of hydrogen-bond donors (Lipinski definition) is 2. The number of halogens is 1. The van der Waals surface area contributed by atoms with Crippen molar-refractivity contribution in [3.8, 4) is 11.5 Å². The second-order valence-corrected chi connectivity index (χ2v) is 4.31. The first-order chi connectivity index (χ1) is 9.10. The van der Waals surface area contributed by atoms with Gasteiger partial charge in [0.1, 0.15) is 5.75 Å². The summed E-state index contributed by atoms with van der Waals surface area (Å²) in [6.45, 7) is 1.96. The lowest BCUT2D eigenvalue weighted by atomic mass is 10.1. The zero-order chi connectivity index (χ0) is 13.8. The van der Waals surface area contributed by atoms with Crippen molar-refractivity contribution in [2.75, 3.05) is 12.4 Å². The van der Waals surface area contributed by atoms with Gasteiger partial charge >= 0.3 is 0 Å². The highest BCUT2D eigenvalue weighted by atomic mass is 19.1. The Balaban J connectivity index is 2.17. The number of anilines is 1.